The summed E-state index contributed by atoms with van der Waals surface area (Å²) in [5.74, 6) is -0.294. The molecule has 6 nitrogen and oxygen atoms in total. The Kier molecular flexibility index (Phi) is 5.73. The van der Waals surface area contributed by atoms with Gasteiger partial charge in [-0.25, -0.2) is 0 Å². The van der Waals surface area contributed by atoms with Crippen molar-refractivity contribution in [1.82, 2.24) is 0 Å². The lowest BCUT2D eigenvalue weighted by atomic mass is 10.3. The highest BCUT2D eigenvalue weighted by atomic mass is 79.9. The molecule has 0 aliphatic carbocycles. The Morgan fingerprint density at radius 1 is 1.56 bits per heavy atom. The van der Waals surface area contributed by atoms with Crippen LogP contribution >= 0.6 is 15.9 Å². The van der Waals surface area contributed by atoms with Crippen LogP contribution in [0.3, 0.4) is 0 Å². The van der Waals surface area contributed by atoms with Gasteiger partial charge < -0.3 is 10.1 Å². The summed E-state index contributed by atoms with van der Waals surface area (Å²) in [6.07, 6.45) is 0.842. The van der Waals surface area contributed by atoms with Crippen LogP contribution in [0.15, 0.2) is 22.7 Å². The number of nitro benzene ring substituents is 1. The number of nitrogens with one attached hydrogen (secondary N) is 1. The van der Waals surface area contributed by atoms with Crippen LogP contribution < -0.4 is 5.32 Å². The van der Waals surface area contributed by atoms with Crippen molar-refractivity contribution in [2.75, 3.05) is 18.5 Å². The monoisotopic (exact) mass is 316 g/mol. The number of nitrogens with zero attached hydrogens (tertiary/aromatic N) is 1. The summed E-state index contributed by atoms with van der Waals surface area (Å²) in [6, 6.07) is 4.13. The Bertz CT molecular complexity index is 451. The number of amides is 1. The van der Waals surface area contributed by atoms with Crippen LogP contribution in [0.4, 0.5) is 11.4 Å². The van der Waals surface area contributed by atoms with Gasteiger partial charge in [0.05, 0.1) is 10.6 Å². The Hall–Kier alpha value is -1.47. The van der Waals surface area contributed by atoms with Crippen LogP contribution in [0.2, 0.25) is 0 Å². The lowest BCUT2D eigenvalue weighted by molar-refractivity contribution is -0.384. The number of anilines is 1. The lowest BCUT2D eigenvalue weighted by Crippen LogP contribution is -2.18. The number of nitro groups is 1. The van der Waals surface area contributed by atoms with Crippen LogP contribution in [0, 0.1) is 10.1 Å². The molecule has 0 saturated carbocycles. The number of rotatable bonds is 6. The third-order valence-electron chi connectivity index (χ3n) is 2.02. The zero-order valence-electron chi connectivity index (χ0n) is 9.81. The minimum Gasteiger partial charge on any atom is -0.372 e. The summed E-state index contributed by atoms with van der Waals surface area (Å²) in [5, 5.41) is 13.1. The molecular weight excluding hydrogens is 304 g/mol. The van der Waals surface area contributed by atoms with Crippen molar-refractivity contribution < 1.29 is 14.5 Å². The number of carbonyl (C=O) groups excluding carboxylic acids is 1. The fourth-order valence-corrected chi connectivity index (χ4v) is 1.68. The molecule has 1 aromatic rings. The van der Waals surface area contributed by atoms with Crippen molar-refractivity contribution in [2.45, 2.75) is 13.3 Å². The van der Waals surface area contributed by atoms with E-state index in [4.69, 9.17) is 4.74 Å². The molecule has 0 radical (unpaired) electrons. The normalized spacial score (nSPS) is 10.1. The molecule has 7 heteroatoms. The number of benzene rings is 1. The summed E-state index contributed by atoms with van der Waals surface area (Å²) in [4.78, 5) is 21.5. The quantitative estimate of drug-likeness (QED) is 0.497. The second-order valence-electron chi connectivity index (χ2n) is 3.52. The Morgan fingerprint density at radius 2 is 2.28 bits per heavy atom. The van der Waals surface area contributed by atoms with E-state index in [9.17, 15) is 14.9 Å². The minimum atomic E-state index is -0.499. The molecule has 0 aliphatic rings. The molecule has 98 valence electrons. The van der Waals surface area contributed by atoms with Crippen LogP contribution in [0.25, 0.3) is 0 Å². The molecule has 0 aliphatic heterocycles. The molecule has 0 saturated heterocycles. The maximum absolute atomic E-state index is 11.5. The van der Waals surface area contributed by atoms with E-state index in [1.54, 1.807) is 0 Å². The second-order valence-corrected chi connectivity index (χ2v) is 4.38. The van der Waals surface area contributed by atoms with Crippen molar-refractivity contribution in [3.05, 3.63) is 32.8 Å². The van der Waals surface area contributed by atoms with E-state index in [0.717, 1.165) is 6.42 Å². The topological polar surface area (TPSA) is 81.5 Å². The van der Waals surface area contributed by atoms with Gasteiger partial charge in [-0.3, -0.25) is 14.9 Å². The highest BCUT2D eigenvalue weighted by Crippen LogP contribution is 2.26. The average molecular weight is 317 g/mol. The zero-order valence-corrected chi connectivity index (χ0v) is 11.4. The number of halogens is 1. The highest BCUT2D eigenvalue weighted by molar-refractivity contribution is 9.10. The maximum atomic E-state index is 11.5. The predicted molar refractivity (Wildman–Crippen MR) is 70.5 cm³/mol. The van der Waals surface area contributed by atoms with E-state index in [1.165, 1.54) is 18.2 Å². The third kappa shape index (κ3) is 4.42. The minimum absolute atomic E-state index is 0.0305. The largest absolute Gasteiger partial charge is 0.372 e. The van der Waals surface area contributed by atoms with Crippen LogP contribution in [0.5, 0.6) is 0 Å². The molecule has 18 heavy (non-hydrogen) atoms. The van der Waals surface area contributed by atoms with Crippen molar-refractivity contribution in [3.8, 4) is 0 Å². The van der Waals surface area contributed by atoms with E-state index in [2.05, 4.69) is 21.2 Å². The van der Waals surface area contributed by atoms with Crippen molar-refractivity contribution in [1.29, 1.82) is 0 Å². The number of hydrogen-bond donors (Lipinski definition) is 1. The molecule has 0 spiro atoms. The first-order chi connectivity index (χ1) is 8.54. The van der Waals surface area contributed by atoms with E-state index < -0.39 is 4.92 Å². The standard InChI is InChI=1S/C11H13BrN2O4/c1-2-5-18-7-11(15)13-10-4-3-8(14(16)17)6-9(10)12/h3-4,6H,2,5,7H2,1H3,(H,13,15). The van der Waals surface area contributed by atoms with Gasteiger partial charge in [0, 0.05) is 23.2 Å². The first-order valence-electron chi connectivity index (χ1n) is 5.36. The summed E-state index contributed by atoms with van der Waals surface area (Å²) in [5.41, 5.74) is 0.438. The molecule has 1 rings (SSSR count). The van der Waals surface area contributed by atoms with Gasteiger partial charge in [-0.05, 0) is 28.4 Å². The van der Waals surface area contributed by atoms with Crippen LogP contribution in [-0.4, -0.2) is 24.0 Å². The van der Waals surface area contributed by atoms with Gasteiger partial charge >= 0.3 is 0 Å². The smallest absolute Gasteiger partial charge is 0.270 e. The van der Waals surface area contributed by atoms with Crippen LogP contribution in [0.1, 0.15) is 13.3 Å². The molecule has 1 N–H and O–H groups in total. The maximum Gasteiger partial charge on any atom is 0.270 e. The summed E-state index contributed by atoms with van der Waals surface area (Å²) in [7, 11) is 0. The third-order valence-corrected chi connectivity index (χ3v) is 2.68. The molecule has 0 heterocycles. The van der Waals surface area contributed by atoms with Gasteiger partial charge in [0.1, 0.15) is 6.61 Å². The molecule has 1 aromatic carbocycles. The van der Waals surface area contributed by atoms with E-state index in [0.29, 0.717) is 16.8 Å². The molecule has 0 atom stereocenters. The molecule has 1 amide bonds. The van der Waals surface area contributed by atoms with Crippen LogP contribution in [-0.2, 0) is 9.53 Å². The first-order valence-corrected chi connectivity index (χ1v) is 6.15. The van der Waals surface area contributed by atoms with E-state index in [1.807, 2.05) is 6.92 Å². The highest BCUT2D eigenvalue weighted by Gasteiger charge is 2.11. The Morgan fingerprint density at radius 3 is 2.83 bits per heavy atom. The van der Waals surface area contributed by atoms with E-state index in [-0.39, 0.29) is 18.2 Å². The van der Waals surface area contributed by atoms with E-state index >= 15 is 0 Å². The summed E-state index contributed by atoms with van der Waals surface area (Å²) < 4.78 is 5.54. The molecule has 0 fully saturated rings. The first kappa shape index (κ1) is 14.6. The number of hydrogen-bond acceptors (Lipinski definition) is 4. The molecular formula is C11H13BrN2O4. The SMILES string of the molecule is CCCOCC(=O)Nc1ccc([N+](=O)[O-])cc1Br. The average Bonchev–Trinajstić information content (AvgIpc) is 2.32. The zero-order chi connectivity index (χ0) is 13.5. The van der Waals surface area contributed by atoms with Crippen molar-refractivity contribution in [3.63, 3.8) is 0 Å². The number of non-ortho nitro benzene ring substituents is 1. The second kappa shape index (κ2) is 7.07. The Labute approximate surface area is 113 Å². The molecule has 0 bridgehead atoms. The summed E-state index contributed by atoms with van der Waals surface area (Å²) >= 11 is 3.17. The predicted octanol–water partition coefficient (Wildman–Crippen LogP) is 2.72. The van der Waals surface area contributed by atoms with Gasteiger partial charge in [0.25, 0.3) is 5.69 Å². The lowest BCUT2D eigenvalue weighted by Gasteiger charge is -2.07. The van der Waals surface area contributed by atoms with Gasteiger partial charge in [-0.15, -0.1) is 0 Å². The Balaban J connectivity index is 2.62. The fourth-order valence-electron chi connectivity index (χ4n) is 1.21. The molecule has 0 aromatic heterocycles. The van der Waals surface area contributed by atoms with Gasteiger partial charge in [0.2, 0.25) is 5.91 Å². The number of ether oxygens (including phenoxy) is 1. The van der Waals surface area contributed by atoms with Gasteiger partial charge in [-0.1, -0.05) is 6.92 Å². The van der Waals surface area contributed by atoms with Crippen molar-refractivity contribution in [2.24, 2.45) is 0 Å². The molecule has 0 unspecified atom stereocenters. The summed E-state index contributed by atoms with van der Waals surface area (Å²) in [6.45, 7) is 2.44. The van der Waals surface area contributed by atoms with Gasteiger partial charge in [-0.2, -0.15) is 0 Å². The van der Waals surface area contributed by atoms with Gasteiger partial charge in [0.15, 0.2) is 0 Å². The number of carbonyl (C=O) groups is 1. The van der Waals surface area contributed by atoms with Crippen molar-refractivity contribution >= 4 is 33.2 Å². The fraction of sp³-hybridized carbons (Fsp3) is 0.364.